The van der Waals surface area contributed by atoms with Crippen LogP contribution in [0.25, 0.3) is 0 Å². The highest BCUT2D eigenvalue weighted by molar-refractivity contribution is 7.80. The molecule has 0 aliphatic carbocycles. The predicted octanol–water partition coefficient (Wildman–Crippen LogP) is 1.51. The molecule has 1 rings (SSSR count). The number of nitrogens with zero attached hydrogens (tertiary/aromatic N) is 1. The van der Waals surface area contributed by atoms with E-state index in [1.165, 1.54) is 0 Å². The van der Waals surface area contributed by atoms with E-state index in [0.717, 1.165) is 17.0 Å². The summed E-state index contributed by atoms with van der Waals surface area (Å²) < 4.78 is 5.24. The van der Waals surface area contributed by atoms with Crippen LogP contribution in [0.4, 0.5) is 0 Å². The van der Waals surface area contributed by atoms with Crippen LogP contribution >= 0.6 is 12.2 Å². The Kier molecular flexibility index (Phi) is 4.72. The summed E-state index contributed by atoms with van der Waals surface area (Å²) in [6.45, 7) is 1.89. The van der Waals surface area contributed by atoms with E-state index >= 15 is 0 Å². The molecule has 1 aromatic carbocycles. The van der Waals surface area contributed by atoms with Gasteiger partial charge in [-0.3, -0.25) is 5.43 Å². The Hall–Kier alpha value is -1.62. The van der Waals surface area contributed by atoms with Gasteiger partial charge in [-0.05, 0) is 31.3 Å². The maximum Gasteiger partial charge on any atom is 0.186 e. The summed E-state index contributed by atoms with van der Waals surface area (Å²) in [4.78, 5) is 0. The molecule has 0 aromatic heterocycles. The summed E-state index contributed by atoms with van der Waals surface area (Å²) in [5, 5.41) is 7.42. The second-order valence-electron chi connectivity index (χ2n) is 3.09. The van der Waals surface area contributed by atoms with E-state index in [9.17, 15) is 0 Å². The third-order valence-electron chi connectivity index (χ3n) is 2.05. The molecule has 0 radical (unpaired) electrons. The van der Waals surface area contributed by atoms with Crippen molar-refractivity contribution < 1.29 is 4.74 Å². The highest BCUT2D eigenvalue weighted by Gasteiger charge is 2.04. The van der Waals surface area contributed by atoms with Gasteiger partial charge >= 0.3 is 0 Å². The molecule has 0 aliphatic heterocycles. The number of nitrogens with one attached hydrogen (secondary N) is 2. The highest BCUT2D eigenvalue weighted by Crippen LogP contribution is 2.17. The summed E-state index contributed by atoms with van der Waals surface area (Å²) in [7, 11) is 3.38. The highest BCUT2D eigenvalue weighted by atomic mass is 32.1. The SMILES string of the molecule is CNC(=S)N/N=C(/C)c1ccccc1OC. The minimum Gasteiger partial charge on any atom is -0.496 e. The fraction of sp³-hybridized carbons (Fsp3) is 0.273. The van der Waals surface area contributed by atoms with Crippen LogP contribution in [0.15, 0.2) is 29.4 Å². The van der Waals surface area contributed by atoms with E-state index < -0.39 is 0 Å². The number of thiocarbonyl (C=S) groups is 1. The molecular weight excluding hydrogens is 222 g/mol. The Bertz CT molecular complexity index is 404. The van der Waals surface area contributed by atoms with Crippen LogP contribution in [0.3, 0.4) is 0 Å². The second-order valence-corrected chi connectivity index (χ2v) is 3.50. The molecule has 0 unspecified atom stereocenters. The largest absolute Gasteiger partial charge is 0.496 e. The Labute approximate surface area is 101 Å². The number of methoxy groups -OCH3 is 1. The van der Waals surface area contributed by atoms with Crippen LogP contribution in [0.1, 0.15) is 12.5 Å². The van der Waals surface area contributed by atoms with Crippen molar-refractivity contribution in [3.8, 4) is 5.75 Å². The van der Waals surface area contributed by atoms with Crippen LogP contribution in [-0.4, -0.2) is 25.0 Å². The average Bonchev–Trinajstić information content (AvgIpc) is 2.35. The first-order valence-corrected chi connectivity index (χ1v) is 5.25. The molecule has 0 saturated heterocycles. The zero-order valence-corrected chi connectivity index (χ0v) is 10.4. The molecule has 4 nitrogen and oxygen atoms in total. The van der Waals surface area contributed by atoms with Crippen molar-refractivity contribution in [2.45, 2.75) is 6.92 Å². The van der Waals surface area contributed by atoms with E-state index in [-0.39, 0.29) is 0 Å². The molecule has 86 valence electrons. The Morgan fingerprint density at radius 1 is 1.38 bits per heavy atom. The van der Waals surface area contributed by atoms with Crippen LogP contribution in [0.5, 0.6) is 5.75 Å². The van der Waals surface area contributed by atoms with Gasteiger partial charge in [0, 0.05) is 12.6 Å². The van der Waals surface area contributed by atoms with E-state index in [2.05, 4.69) is 15.8 Å². The van der Waals surface area contributed by atoms with E-state index in [4.69, 9.17) is 17.0 Å². The first-order chi connectivity index (χ1) is 7.69. The molecule has 5 heteroatoms. The Morgan fingerprint density at radius 3 is 2.69 bits per heavy atom. The predicted molar refractivity (Wildman–Crippen MR) is 70.0 cm³/mol. The van der Waals surface area contributed by atoms with Crippen molar-refractivity contribution in [2.75, 3.05) is 14.2 Å². The molecule has 0 spiro atoms. The lowest BCUT2D eigenvalue weighted by Crippen LogP contribution is -2.29. The lowest BCUT2D eigenvalue weighted by atomic mass is 10.1. The Balaban J connectivity index is 2.86. The lowest BCUT2D eigenvalue weighted by molar-refractivity contribution is 0.414. The number of rotatable bonds is 3. The maximum absolute atomic E-state index is 5.24. The van der Waals surface area contributed by atoms with Gasteiger partial charge in [0.2, 0.25) is 0 Å². The number of para-hydroxylation sites is 1. The third-order valence-corrected chi connectivity index (χ3v) is 2.34. The molecule has 0 bridgehead atoms. The van der Waals surface area contributed by atoms with Crippen molar-refractivity contribution in [1.29, 1.82) is 0 Å². The topological polar surface area (TPSA) is 45.7 Å². The minimum atomic E-state index is 0.481. The molecule has 0 saturated carbocycles. The molecule has 0 aliphatic rings. The van der Waals surface area contributed by atoms with Gasteiger partial charge in [0.25, 0.3) is 0 Å². The molecule has 0 fully saturated rings. The molecular formula is C11H15N3OS. The molecule has 1 aromatic rings. The van der Waals surface area contributed by atoms with Gasteiger partial charge in [0.15, 0.2) is 5.11 Å². The van der Waals surface area contributed by atoms with Crippen molar-refractivity contribution in [1.82, 2.24) is 10.7 Å². The summed E-state index contributed by atoms with van der Waals surface area (Å²) in [6, 6.07) is 7.70. The molecule has 16 heavy (non-hydrogen) atoms. The summed E-state index contributed by atoms with van der Waals surface area (Å²) in [5.74, 6) is 0.793. The van der Waals surface area contributed by atoms with Crippen molar-refractivity contribution in [2.24, 2.45) is 5.10 Å². The number of hydrazone groups is 1. The van der Waals surface area contributed by atoms with Gasteiger partial charge in [0.05, 0.1) is 12.8 Å². The van der Waals surface area contributed by atoms with E-state index in [0.29, 0.717) is 5.11 Å². The van der Waals surface area contributed by atoms with Gasteiger partial charge in [-0.25, -0.2) is 0 Å². The van der Waals surface area contributed by atoms with Crippen molar-refractivity contribution in [3.63, 3.8) is 0 Å². The van der Waals surface area contributed by atoms with Crippen molar-refractivity contribution >= 4 is 23.0 Å². The van der Waals surface area contributed by atoms with E-state index in [1.54, 1.807) is 14.2 Å². The second kappa shape index (κ2) is 6.07. The summed E-state index contributed by atoms with van der Waals surface area (Å²) in [5.41, 5.74) is 4.49. The fourth-order valence-corrected chi connectivity index (χ4v) is 1.24. The number of hydrogen-bond acceptors (Lipinski definition) is 3. The van der Waals surface area contributed by atoms with Crippen molar-refractivity contribution in [3.05, 3.63) is 29.8 Å². The maximum atomic E-state index is 5.24. The number of ether oxygens (including phenoxy) is 1. The Morgan fingerprint density at radius 2 is 2.06 bits per heavy atom. The minimum absolute atomic E-state index is 0.481. The zero-order valence-electron chi connectivity index (χ0n) is 9.57. The summed E-state index contributed by atoms with van der Waals surface area (Å²) in [6.07, 6.45) is 0. The lowest BCUT2D eigenvalue weighted by Gasteiger charge is -2.08. The van der Waals surface area contributed by atoms with Gasteiger partial charge < -0.3 is 10.1 Å². The molecule has 0 atom stereocenters. The van der Waals surface area contributed by atoms with Crippen LogP contribution in [0, 0.1) is 0 Å². The van der Waals surface area contributed by atoms with Crippen LogP contribution < -0.4 is 15.5 Å². The van der Waals surface area contributed by atoms with Gasteiger partial charge in [-0.2, -0.15) is 5.10 Å². The summed E-state index contributed by atoms with van der Waals surface area (Å²) >= 11 is 4.92. The first-order valence-electron chi connectivity index (χ1n) is 4.84. The normalized spacial score (nSPS) is 10.8. The van der Waals surface area contributed by atoms with E-state index in [1.807, 2.05) is 31.2 Å². The zero-order chi connectivity index (χ0) is 12.0. The van der Waals surface area contributed by atoms with Gasteiger partial charge in [-0.15, -0.1) is 0 Å². The fourth-order valence-electron chi connectivity index (χ4n) is 1.19. The smallest absolute Gasteiger partial charge is 0.186 e. The molecule has 0 amide bonds. The standard InChI is InChI=1S/C11H15N3OS/c1-8(13-14-11(16)12-2)9-6-4-5-7-10(9)15-3/h4-7H,1-3H3,(H2,12,14,16)/b13-8-. The van der Waals surface area contributed by atoms with Crippen LogP contribution in [0.2, 0.25) is 0 Å². The molecule has 0 heterocycles. The number of benzene rings is 1. The quantitative estimate of drug-likeness (QED) is 0.475. The first kappa shape index (κ1) is 12.4. The third kappa shape index (κ3) is 3.20. The van der Waals surface area contributed by atoms with Gasteiger partial charge in [0.1, 0.15) is 5.75 Å². The molecule has 2 N–H and O–H groups in total. The number of hydrogen-bond donors (Lipinski definition) is 2. The monoisotopic (exact) mass is 237 g/mol. The average molecular weight is 237 g/mol. The van der Waals surface area contributed by atoms with Crippen LogP contribution in [-0.2, 0) is 0 Å². The van der Waals surface area contributed by atoms with Gasteiger partial charge in [-0.1, -0.05) is 12.1 Å².